The topological polar surface area (TPSA) is 67.4 Å². The zero-order valence-electron chi connectivity index (χ0n) is 13.7. The average molecular weight is 366 g/mol. The van der Waals surface area contributed by atoms with E-state index in [1.807, 2.05) is 0 Å². The van der Waals surface area contributed by atoms with Gasteiger partial charge in [0.2, 0.25) is 5.91 Å². The lowest BCUT2D eigenvalue weighted by molar-refractivity contribution is -0.120. The molecule has 2 amide bonds. The maximum atomic E-state index is 13.0. The van der Waals surface area contributed by atoms with Gasteiger partial charge in [0, 0.05) is 6.54 Å². The second-order valence-electron chi connectivity index (χ2n) is 5.29. The van der Waals surface area contributed by atoms with Gasteiger partial charge in [0.05, 0.1) is 12.1 Å². The SMILES string of the molecule is O=C(CNC(=O)c1ccccc1OC(F)F)NCCc1cccc(F)c1. The number of amides is 2. The third-order valence-electron chi connectivity index (χ3n) is 3.38. The minimum absolute atomic E-state index is 0.0969. The van der Waals surface area contributed by atoms with Crippen LogP contribution >= 0.6 is 0 Å². The summed E-state index contributed by atoms with van der Waals surface area (Å²) >= 11 is 0. The molecule has 26 heavy (non-hydrogen) atoms. The lowest BCUT2D eigenvalue weighted by Crippen LogP contribution is -2.37. The molecule has 5 nitrogen and oxygen atoms in total. The highest BCUT2D eigenvalue weighted by Gasteiger charge is 2.15. The van der Waals surface area contributed by atoms with Gasteiger partial charge in [-0.25, -0.2) is 4.39 Å². The van der Waals surface area contributed by atoms with Gasteiger partial charge in [-0.1, -0.05) is 24.3 Å². The van der Waals surface area contributed by atoms with Crippen LogP contribution in [-0.2, 0) is 11.2 Å². The number of para-hydroxylation sites is 1. The second-order valence-corrected chi connectivity index (χ2v) is 5.29. The summed E-state index contributed by atoms with van der Waals surface area (Å²) in [5.74, 6) is -1.79. The van der Waals surface area contributed by atoms with E-state index in [2.05, 4.69) is 15.4 Å². The Hall–Kier alpha value is -3.03. The minimum atomic E-state index is -3.06. The number of carbonyl (C=O) groups excluding carboxylic acids is 2. The summed E-state index contributed by atoms with van der Waals surface area (Å²) in [7, 11) is 0. The molecule has 0 spiro atoms. The molecule has 2 aromatic rings. The Labute approximate surface area is 148 Å². The number of nitrogens with one attached hydrogen (secondary N) is 2. The summed E-state index contributed by atoms with van der Waals surface area (Å²) in [4.78, 5) is 23.8. The fraction of sp³-hybridized carbons (Fsp3) is 0.222. The van der Waals surface area contributed by atoms with E-state index < -0.39 is 18.4 Å². The van der Waals surface area contributed by atoms with E-state index >= 15 is 0 Å². The second kappa shape index (κ2) is 9.45. The van der Waals surface area contributed by atoms with Crippen molar-refractivity contribution in [1.82, 2.24) is 10.6 Å². The summed E-state index contributed by atoms with van der Waals surface area (Å²) in [6, 6.07) is 11.5. The first kappa shape index (κ1) is 19.3. The van der Waals surface area contributed by atoms with Crippen LogP contribution in [0.1, 0.15) is 15.9 Å². The molecule has 0 unspecified atom stereocenters. The number of hydrogen-bond donors (Lipinski definition) is 2. The quantitative estimate of drug-likeness (QED) is 0.754. The molecule has 0 aliphatic carbocycles. The Morgan fingerprint density at radius 1 is 1.04 bits per heavy atom. The molecule has 2 rings (SSSR count). The summed E-state index contributed by atoms with van der Waals surface area (Å²) in [6.07, 6.45) is 0.433. The Bertz CT molecular complexity index is 769. The number of benzene rings is 2. The highest BCUT2D eigenvalue weighted by atomic mass is 19.3. The van der Waals surface area contributed by atoms with Crippen LogP contribution in [0.2, 0.25) is 0 Å². The van der Waals surface area contributed by atoms with Crippen LogP contribution in [-0.4, -0.2) is 31.5 Å². The van der Waals surface area contributed by atoms with Crippen molar-refractivity contribution in [3.8, 4) is 5.75 Å². The number of carbonyl (C=O) groups is 2. The molecule has 0 atom stereocenters. The number of rotatable bonds is 8. The maximum Gasteiger partial charge on any atom is 0.387 e. The fourth-order valence-corrected chi connectivity index (χ4v) is 2.21. The Kier molecular flexibility index (Phi) is 7.02. The van der Waals surface area contributed by atoms with Crippen LogP contribution in [0.3, 0.4) is 0 Å². The Morgan fingerprint density at radius 2 is 1.81 bits per heavy atom. The minimum Gasteiger partial charge on any atom is -0.434 e. The summed E-state index contributed by atoms with van der Waals surface area (Å²) in [5.41, 5.74) is 0.632. The molecule has 2 aromatic carbocycles. The van der Waals surface area contributed by atoms with E-state index in [9.17, 15) is 22.8 Å². The van der Waals surface area contributed by atoms with Crippen LogP contribution in [0.4, 0.5) is 13.2 Å². The number of hydrogen-bond acceptors (Lipinski definition) is 3. The molecule has 0 saturated carbocycles. The van der Waals surface area contributed by atoms with Crippen LogP contribution in [0.15, 0.2) is 48.5 Å². The first-order valence-corrected chi connectivity index (χ1v) is 7.79. The lowest BCUT2D eigenvalue weighted by Gasteiger charge is -2.11. The molecule has 0 bridgehead atoms. The van der Waals surface area contributed by atoms with Gasteiger partial charge in [-0.3, -0.25) is 9.59 Å². The normalized spacial score (nSPS) is 10.5. The fourth-order valence-electron chi connectivity index (χ4n) is 2.21. The third-order valence-corrected chi connectivity index (χ3v) is 3.38. The van der Waals surface area contributed by atoms with Gasteiger partial charge in [0.1, 0.15) is 11.6 Å². The van der Waals surface area contributed by atoms with E-state index in [-0.39, 0.29) is 30.2 Å². The van der Waals surface area contributed by atoms with E-state index in [0.717, 1.165) is 5.56 Å². The van der Waals surface area contributed by atoms with Crippen molar-refractivity contribution in [2.75, 3.05) is 13.1 Å². The standard InChI is InChI=1S/C18H17F3N2O3/c19-13-5-3-4-12(10-13)8-9-22-16(24)11-23-17(25)14-6-1-2-7-15(14)26-18(20)21/h1-7,10,18H,8-9,11H2,(H,22,24)(H,23,25). The van der Waals surface area contributed by atoms with Gasteiger partial charge in [0.25, 0.3) is 5.91 Å². The monoisotopic (exact) mass is 366 g/mol. The van der Waals surface area contributed by atoms with E-state index in [1.165, 1.54) is 36.4 Å². The van der Waals surface area contributed by atoms with Crippen LogP contribution in [0.25, 0.3) is 0 Å². The van der Waals surface area contributed by atoms with Gasteiger partial charge in [-0.05, 0) is 36.2 Å². The zero-order chi connectivity index (χ0) is 18.9. The largest absolute Gasteiger partial charge is 0.434 e. The number of alkyl halides is 2. The van der Waals surface area contributed by atoms with Crippen molar-refractivity contribution in [1.29, 1.82) is 0 Å². The molecule has 138 valence electrons. The molecular weight excluding hydrogens is 349 g/mol. The molecule has 8 heteroatoms. The van der Waals surface area contributed by atoms with Crippen LogP contribution in [0.5, 0.6) is 5.75 Å². The summed E-state index contributed by atoms with van der Waals surface area (Å²) < 4.78 is 42.0. The van der Waals surface area contributed by atoms with Crippen molar-refractivity contribution in [3.05, 3.63) is 65.5 Å². The molecule has 0 aliphatic heterocycles. The molecule has 0 aromatic heterocycles. The molecule has 0 radical (unpaired) electrons. The van der Waals surface area contributed by atoms with Crippen molar-refractivity contribution in [2.24, 2.45) is 0 Å². The van der Waals surface area contributed by atoms with Crippen LogP contribution in [0, 0.1) is 5.82 Å². The number of ether oxygens (including phenoxy) is 1. The predicted octanol–water partition coefficient (Wildman–Crippen LogP) is 2.52. The zero-order valence-corrected chi connectivity index (χ0v) is 13.7. The predicted molar refractivity (Wildman–Crippen MR) is 88.5 cm³/mol. The van der Waals surface area contributed by atoms with Crippen molar-refractivity contribution in [3.63, 3.8) is 0 Å². The third kappa shape index (κ3) is 6.12. The van der Waals surface area contributed by atoms with E-state index in [4.69, 9.17) is 0 Å². The summed E-state index contributed by atoms with van der Waals surface area (Å²) in [6.45, 7) is -3.12. The van der Waals surface area contributed by atoms with Gasteiger partial charge >= 0.3 is 6.61 Å². The lowest BCUT2D eigenvalue weighted by atomic mass is 10.1. The summed E-state index contributed by atoms with van der Waals surface area (Å²) in [5, 5.41) is 4.91. The molecule has 0 aliphatic rings. The molecule has 0 saturated heterocycles. The van der Waals surface area contributed by atoms with Crippen molar-refractivity contribution < 1.29 is 27.5 Å². The highest BCUT2D eigenvalue weighted by molar-refractivity contribution is 5.98. The highest BCUT2D eigenvalue weighted by Crippen LogP contribution is 2.19. The van der Waals surface area contributed by atoms with E-state index in [1.54, 1.807) is 12.1 Å². The first-order chi connectivity index (χ1) is 12.5. The Morgan fingerprint density at radius 3 is 2.54 bits per heavy atom. The van der Waals surface area contributed by atoms with Crippen molar-refractivity contribution >= 4 is 11.8 Å². The van der Waals surface area contributed by atoms with Crippen molar-refractivity contribution in [2.45, 2.75) is 13.0 Å². The smallest absolute Gasteiger partial charge is 0.387 e. The first-order valence-electron chi connectivity index (χ1n) is 7.79. The molecule has 0 fully saturated rings. The number of halogens is 3. The van der Waals surface area contributed by atoms with Crippen LogP contribution < -0.4 is 15.4 Å². The molecular formula is C18H17F3N2O3. The van der Waals surface area contributed by atoms with Gasteiger partial charge in [-0.2, -0.15) is 8.78 Å². The van der Waals surface area contributed by atoms with E-state index in [0.29, 0.717) is 6.42 Å². The molecule has 2 N–H and O–H groups in total. The van der Waals surface area contributed by atoms with Gasteiger partial charge in [0.15, 0.2) is 0 Å². The maximum absolute atomic E-state index is 13.0. The molecule has 0 heterocycles. The average Bonchev–Trinajstić information content (AvgIpc) is 2.60. The Balaban J connectivity index is 1.79. The van der Waals surface area contributed by atoms with Gasteiger partial charge in [-0.15, -0.1) is 0 Å². The van der Waals surface area contributed by atoms with Gasteiger partial charge < -0.3 is 15.4 Å².